The van der Waals surface area contributed by atoms with Gasteiger partial charge in [0.15, 0.2) is 6.29 Å². The lowest BCUT2D eigenvalue weighted by molar-refractivity contribution is -0.169. The van der Waals surface area contributed by atoms with E-state index in [1.54, 1.807) is 14.2 Å². The second-order valence-electron chi connectivity index (χ2n) is 9.51. The molecular formula is C25H27NO4. The topological polar surface area (TPSA) is 55.8 Å². The van der Waals surface area contributed by atoms with E-state index >= 15 is 0 Å². The minimum absolute atomic E-state index is 0.0955. The molecule has 1 fully saturated rings. The van der Waals surface area contributed by atoms with Crippen LogP contribution in [0.4, 0.5) is 0 Å². The molecule has 4 aliphatic rings. The molecule has 0 spiro atoms. The summed E-state index contributed by atoms with van der Waals surface area (Å²) in [6, 6.07) is 16.3. The van der Waals surface area contributed by atoms with Crippen LogP contribution in [0, 0.1) is 11.8 Å². The maximum atomic E-state index is 13.9. The maximum Gasteiger partial charge on any atom is 0.235 e. The summed E-state index contributed by atoms with van der Waals surface area (Å²) in [6.45, 7) is 5.75. The van der Waals surface area contributed by atoms with Crippen molar-refractivity contribution in [2.45, 2.75) is 43.9 Å². The Morgan fingerprint density at radius 3 is 1.83 bits per heavy atom. The highest BCUT2D eigenvalue weighted by Crippen LogP contribution is 2.66. The largest absolute Gasteiger partial charge is 0.355 e. The monoisotopic (exact) mass is 405 g/mol. The Kier molecular flexibility index (Phi) is 4.06. The number of benzene rings is 2. The predicted molar refractivity (Wildman–Crippen MR) is 112 cm³/mol. The number of likely N-dealkylation sites (tertiary alicyclic amines) is 1. The molecule has 0 N–H and O–H groups in total. The van der Waals surface area contributed by atoms with Gasteiger partial charge < -0.3 is 9.47 Å². The summed E-state index contributed by atoms with van der Waals surface area (Å²) in [4.78, 5) is 29.2. The molecule has 0 saturated carbocycles. The number of hydrogen-bond acceptors (Lipinski definition) is 4. The van der Waals surface area contributed by atoms with E-state index in [-0.39, 0.29) is 17.7 Å². The minimum Gasteiger partial charge on any atom is -0.355 e. The van der Waals surface area contributed by atoms with E-state index in [9.17, 15) is 9.59 Å². The van der Waals surface area contributed by atoms with Gasteiger partial charge in [-0.05, 0) is 43.0 Å². The lowest BCUT2D eigenvalue weighted by Crippen LogP contribution is -2.60. The smallest absolute Gasteiger partial charge is 0.235 e. The van der Waals surface area contributed by atoms with Crippen molar-refractivity contribution >= 4 is 11.8 Å². The number of amides is 2. The zero-order chi connectivity index (χ0) is 21.4. The summed E-state index contributed by atoms with van der Waals surface area (Å²) in [5.74, 6) is -1.41. The summed E-state index contributed by atoms with van der Waals surface area (Å²) in [6.07, 6.45) is -0.704. The van der Waals surface area contributed by atoms with Gasteiger partial charge in [-0.15, -0.1) is 0 Å². The Balaban J connectivity index is 1.91. The van der Waals surface area contributed by atoms with Crippen LogP contribution >= 0.6 is 0 Å². The number of carbonyl (C=O) groups is 2. The molecule has 0 radical (unpaired) electrons. The molecule has 1 aliphatic heterocycles. The number of carbonyl (C=O) groups excluding carboxylic acids is 2. The Morgan fingerprint density at radius 1 is 0.867 bits per heavy atom. The Bertz CT molecular complexity index is 1000. The number of methoxy groups -OCH3 is 2. The van der Waals surface area contributed by atoms with E-state index in [1.165, 1.54) is 4.90 Å². The van der Waals surface area contributed by atoms with Crippen molar-refractivity contribution in [2.24, 2.45) is 11.8 Å². The first kappa shape index (κ1) is 19.5. The van der Waals surface area contributed by atoms with Gasteiger partial charge in [0.2, 0.25) is 11.8 Å². The summed E-state index contributed by atoms with van der Waals surface area (Å²) < 4.78 is 11.8. The Hall–Kier alpha value is -2.50. The van der Waals surface area contributed by atoms with Gasteiger partial charge in [0.25, 0.3) is 0 Å². The summed E-state index contributed by atoms with van der Waals surface area (Å²) >= 11 is 0. The van der Waals surface area contributed by atoms with Crippen LogP contribution < -0.4 is 0 Å². The van der Waals surface area contributed by atoms with Crippen molar-refractivity contribution in [3.05, 3.63) is 70.8 Å². The van der Waals surface area contributed by atoms with Gasteiger partial charge in [0, 0.05) is 25.7 Å². The van der Waals surface area contributed by atoms with Crippen molar-refractivity contribution in [1.29, 1.82) is 0 Å². The van der Waals surface area contributed by atoms with Crippen molar-refractivity contribution in [2.75, 3.05) is 14.2 Å². The second kappa shape index (κ2) is 6.25. The van der Waals surface area contributed by atoms with Gasteiger partial charge in [-0.25, -0.2) is 0 Å². The van der Waals surface area contributed by atoms with Crippen LogP contribution in [0.5, 0.6) is 0 Å². The van der Waals surface area contributed by atoms with Crippen molar-refractivity contribution in [1.82, 2.24) is 4.90 Å². The van der Waals surface area contributed by atoms with E-state index < -0.39 is 29.1 Å². The molecule has 6 rings (SSSR count). The first-order valence-corrected chi connectivity index (χ1v) is 10.4. The average molecular weight is 405 g/mol. The van der Waals surface area contributed by atoms with Crippen LogP contribution in [-0.2, 0) is 24.5 Å². The van der Waals surface area contributed by atoms with E-state index in [4.69, 9.17) is 9.47 Å². The van der Waals surface area contributed by atoms with Gasteiger partial charge in [-0.3, -0.25) is 14.5 Å². The number of nitrogens with zero attached hydrogens (tertiary/aromatic N) is 1. The average Bonchev–Trinajstić information content (AvgIpc) is 3.01. The molecule has 1 saturated heterocycles. The predicted octanol–water partition coefficient (Wildman–Crippen LogP) is 3.45. The molecular weight excluding hydrogens is 378 g/mol. The highest BCUT2D eigenvalue weighted by molar-refractivity contribution is 6.09. The van der Waals surface area contributed by atoms with Crippen LogP contribution in [0.2, 0.25) is 0 Å². The van der Waals surface area contributed by atoms with E-state index in [1.807, 2.05) is 45.0 Å². The Morgan fingerprint density at radius 2 is 1.37 bits per heavy atom. The normalized spacial score (nSPS) is 29.3. The number of rotatable bonds is 3. The molecule has 0 unspecified atom stereocenters. The zero-order valence-corrected chi connectivity index (χ0v) is 18.0. The number of ether oxygens (including phenoxy) is 2. The molecule has 2 bridgehead atoms. The molecule has 30 heavy (non-hydrogen) atoms. The first-order valence-electron chi connectivity index (χ1n) is 10.4. The zero-order valence-electron chi connectivity index (χ0n) is 18.0. The quantitative estimate of drug-likeness (QED) is 0.580. The fraction of sp³-hybridized carbons (Fsp3) is 0.440. The molecule has 2 amide bonds. The number of imide groups is 1. The van der Waals surface area contributed by atoms with Gasteiger partial charge in [0.1, 0.15) is 0 Å². The Labute approximate surface area is 177 Å². The van der Waals surface area contributed by atoms with Gasteiger partial charge in [-0.1, -0.05) is 48.5 Å². The fourth-order valence-electron chi connectivity index (χ4n) is 6.36. The molecule has 1 heterocycles. The standard InChI is InChI=1S/C25H27NO4/c1-24(2,3)26-21(27)19-18-14-10-6-8-12-16(14)25(20(19)22(26)28,23(29-4)30-5)17-13-9-7-11-15(17)18/h6-13,18-20,23H,1-5H3/t18?,19-,20-,25?/m1/s1. The van der Waals surface area contributed by atoms with Crippen LogP contribution in [0.3, 0.4) is 0 Å². The lowest BCUT2D eigenvalue weighted by Gasteiger charge is -2.56. The highest BCUT2D eigenvalue weighted by Gasteiger charge is 2.71. The van der Waals surface area contributed by atoms with Gasteiger partial charge in [-0.2, -0.15) is 0 Å². The van der Waals surface area contributed by atoms with Crippen molar-refractivity contribution in [3.63, 3.8) is 0 Å². The second-order valence-corrected chi connectivity index (χ2v) is 9.51. The summed E-state index contributed by atoms with van der Waals surface area (Å²) in [7, 11) is 3.21. The van der Waals surface area contributed by atoms with Crippen molar-refractivity contribution in [3.8, 4) is 0 Å². The van der Waals surface area contributed by atoms with Crippen LogP contribution in [0.25, 0.3) is 0 Å². The van der Waals surface area contributed by atoms with Gasteiger partial charge in [0.05, 0.1) is 17.3 Å². The maximum absolute atomic E-state index is 13.9. The third-order valence-electron chi connectivity index (χ3n) is 7.15. The fourth-order valence-corrected chi connectivity index (χ4v) is 6.36. The third kappa shape index (κ3) is 2.09. The molecule has 2 atom stereocenters. The molecule has 3 aliphatic carbocycles. The molecule has 2 aromatic rings. The van der Waals surface area contributed by atoms with E-state index in [0.717, 1.165) is 22.3 Å². The third-order valence-corrected chi connectivity index (χ3v) is 7.15. The van der Waals surface area contributed by atoms with Gasteiger partial charge >= 0.3 is 0 Å². The minimum atomic E-state index is -0.886. The molecule has 5 heteroatoms. The van der Waals surface area contributed by atoms with E-state index in [2.05, 4.69) is 24.3 Å². The summed E-state index contributed by atoms with van der Waals surface area (Å²) in [5.41, 5.74) is 2.76. The molecule has 2 aromatic carbocycles. The van der Waals surface area contributed by atoms with Crippen LogP contribution in [-0.4, -0.2) is 42.8 Å². The van der Waals surface area contributed by atoms with Crippen LogP contribution in [0.15, 0.2) is 48.5 Å². The molecule has 5 nitrogen and oxygen atoms in total. The first-order chi connectivity index (χ1) is 14.3. The lowest BCUT2D eigenvalue weighted by atomic mass is 9.47. The SMILES string of the molecule is COC(OC)C12c3ccccc3C(c3ccccc31)[C@H]1C(=O)N(C(C)(C)C)C(=O)[C@@H]12. The molecule has 156 valence electrons. The molecule has 0 aromatic heterocycles. The highest BCUT2D eigenvalue weighted by atomic mass is 16.7. The van der Waals surface area contributed by atoms with E-state index in [0.29, 0.717) is 0 Å². The van der Waals surface area contributed by atoms with Crippen LogP contribution in [0.1, 0.15) is 48.9 Å². The number of hydrogen-bond donors (Lipinski definition) is 0. The van der Waals surface area contributed by atoms with Crippen molar-refractivity contribution < 1.29 is 19.1 Å². The summed E-state index contributed by atoms with van der Waals surface area (Å²) in [5, 5.41) is 0.